The highest BCUT2D eigenvalue weighted by Crippen LogP contribution is 2.20. The molecule has 2 rings (SSSR count). The molecule has 1 heterocycles. The van der Waals surface area contributed by atoms with Gasteiger partial charge < -0.3 is 4.90 Å². The highest BCUT2D eigenvalue weighted by molar-refractivity contribution is 14.1. The molecule has 1 amide bonds. The van der Waals surface area contributed by atoms with Gasteiger partial charge in [0.2, 0.25) is 0 Å². The molecule has 1 fully saturated rings. The van der Waals surface area contributed by atoms with Crippen molar-refractivity contribution in [3.8, 4) is 0 Å². The number of hydrogen-bond acceptors (Lipinski definition) is 1. The van der Waals surface area contributed by atoms with E-state index < -0.39 is 0 Å². The number of alkyl halides is 1. The van der Waals surface area contributed by atoms with Crippen molar-refractivity contribution in [1.29, 1.82) is 0 Å². The van der Waals surface area contributed by atoms with Crippen molar-refractivity contribution < 1.29 is 9.18 Å². The van der Waals surface area contributed by atoms with Gasteiger partial charge in [-0.1, -0.05) is 0 Å². The minimum absolute atomic E-state index is 0.0436. The number of amides is 1. The van der Waals surface area contributed by atoms with Gasteiger partial charge in [-0.3, -0.25) is 4.79 Å². The molecule has 1 aromatic rings. The maximum absolute atomic E-state index is 12.9. The van der Waals surface area contributed by atoms with Gasteiger partial charge in [-0.15, -0.1) is 11.6 Å². The van der Waals surface area contributed by atoms with Crippen molar-refractivity contribution in [2.45, 2.75) is 11.8 Å². The van der Waals surface area contributed by atoms with Crippen LogP contribution >= 0.6 is 34.2 Å². The number of hydrogen-bond donors (Lipinski definition) is 0. The molecule has 1 aliphatic rings. The van der Waals surface area contributed by atoms with Crippen molar-refractivity contribution >= 4 is 40.1 Å². The van der Waals surface area contributed by atoms with E-state index in [9.17, 15) is 9.18 Å². The average molecular weight is 354 g/mol. The Labute approximate surface area is 112 Å². The van der Waals surface area contributed by atoms with Crippen LogP contribution in [0.25, 0.3) is 0 Å². The summed E-state index contributed by atoms with van der Waals surface area (Å²) in [6, 6.07) is 4.20. The zero-order valence-corrected chi connectivity index (χ0v) is 11.3. The third-order valence-corrected chi connectivity index (χ3v) is 3.83. The molecule has 2 nitrogen and oxygen atoms in total. The Morgan fingerprint density at radius 1 is 1.56 bits per heavy atom. The lowest BCUT2D eigenvalue weighted by Crippen LogP contribution is -2.29. The molecule has 0 N–H and O–H groups in total. The van der Waals surface area contributed by atoms with Crippen molar-refractivity contribution in [3.63, 3.8) is 0 Å². The molecule has 0 aromatic heterocycles. The van der Waals surface area contributed by atoms with E-state index in [0.717, 1.165) is 6.42 Å². The standard InChI is InChI=1S/C11H10ClFINO/c12-7-3-4-15(6-7)11(16)9-2-1-8(13)5-10(9)14/h1-2,5,7H,3-4,6H2. The van der Waals surface area contributed by atoms with Crippen LogP contribution in [0, 0.1) is 9.39 Å². The van der Waals surface area contributed by atoms with Crippen LogP contribution in [-0.4, -0.2) is 29.3 Å². The van der Waals surface area contributed by atoms with Crippen LogP contribution in [0.2, 0.25) is 0 Å². The number of carbonyl (C=O) groups is 1. The van der Waals surface area contributed by atoms with Gasteiger partial charge in [-0.05, 0) is 47.2 Å². The normalized spacial score (nSPS) is 20.2. The molecule has 0 aliphatic carbocycles. The number of halogens is 3. The molecule has 1 aliphatic heterocycles. The lowest BCUT2D eigenvalue weighted by molar-refractivity contribution is 0.0792. The fourth-order valence-corrected chi connectivity index (χ4v) is 2.71. The first-order valence-electron chi connectivity index (χ1n) is 4.96. The maximum Gasteiger partial charge on any atom is 0.254 e. The van der Waals surface area contributed by atoms with Crippen molar-refractivity contribution in [3.05, 3.63) is 33.1 Å². The van der Waals surface area contributed by atoms with E-state index in [1.807, 2.05) is 22.6 Å². The highest BCUT2D eigenvalue weighted by Gasteiger charge is 2.26. The molecule has 0 radical (unpaired) electrons. The Morgan fingerprint density at radius 3 is 2.88 bits per heavy atom. The van der Waals surface area contributed by atoms with Crippen LogP contribution in [0.3, 0.4) is 0 Å². The molecule has 1 atom stereocenters. The van der Waals surface area contributed by atoms with E-state index in [1.54, 1.807) is 4.90 Å². The highest BCUT2D eigenvalue weighted by atomic mass is 127. The van der Waals surface area contributed by atoms with Gasteiger partial charge in [0.25, 0.3) is 5.91 Å². The predicted octanol–water partition coefficient (Wildman–Crippen LogP) is 2.88. The largest absolute Gasteiger partial charge is 0.337 e. The lowest BCUT2D eigenvalue weighted by atomic mass is 10.2. The summed E-state index contributed by atoms with van der Waals surface area (Å²) in [7, 11) is 0. The molecular weight excluding hydrogens is 343 g/mol. The molecule has 16 heavy (non-hydrogen) atoms. The first-order chi connectivity index (χ1) is 7.58. The molecular formula is C11H10ClFINO. The van der Waals surface area contributed by atoms with Gasteiger partial charge in [-0.25, -0.2) is 4.39 Å². The number of likely N-dealkylation sites (tertiary alicyclic amines) is 1. The van der Waals surface area contributed by atoms with Crippen LogP contribution < -0.4 is 0 Å². The van der Waals surface area contributed by atoms with Gasteiger partial charge >= 0.3 is 0 Å². The van der Waals surface area contributed by atoms with Crippen molar-refractivity contribution in [1.82, 2.24) is 4.90 Å². The minimum atomic E-state index is -0.322. The van der Waals surface area contributed by atoms with E-state index in [4.69, 9.17) is 11.6 Å². The molecule has 5 heteroatoms. The zero-order chi connectivity index (χ0) is 11.7. The van der Waals surface area contributed by atoms with Crippen LogP contribution in [0.5, 0.6) is 0 Å². The summed E-state index contributed by atoms with van der Waals surface area (Å²) < 4.78 is 13.5. The second-order valence-corrected chi connectivity index (χ2v) is 5.54. The Hall–Kier alpha value is -0.360. The van der Waals surface area contributed by atoms with E-state index >= 15 is 0 Å². The lowest BCUT2D eigenvalue weighted by Gasteiger charge is -2.16. The average Bonchev–Trinajstić information content (AvgIpc) is 2.64. The van der Waals surface area contributed by atoms with Gasteiger partial charge in [0.15, 0.2) is 0 Å². The van der Waals surface area contributed by atoms with Crippen LogP contribution in [-0.2, 0) is 0 Å². The first-order valence-corrected chi connectivity index (χ1v) is 6.48. The number of nitrogens with zero attached hydrogens (tertiary/aromatic N) is 1. The van der Waals surface area contributed by atoms with E-state index in [2.05, 4.69) is 0 Å². The minimum Gasteiger partial charge on any atom is -0.337 e. The third kappa shape index (κ3) is 2.48. The van der Waals surface area contributed by atoms with Crippen molar-refractivity contribution in [2.24, 2.45) is 0 Å². The Kier molecular flexibility index (Phi) is 3.69. The van der Waals surface area contributed by atoms with Gasteiger partial charge in [-0.2, -0.15) is 0 Å². The number of carbonyl (C=O) groups excluding carboxylic acids is 1. The number of rotatable bonds is 1. The molecule has 0 spiro atoms. The molecule has 0 bridgehead atoms. The molecule has 86 valence electrons. The summed E-state index contributed by atoms with van der Waals surface area (Å²) in [5, 5.41) is 0.0436. The Morgan fingerprint density at radius 2 is 2.31 bits per heavy atom. The summed E-state index contributed by atoms with van der Waals surface area (Å²) in [5.41, 5.74) is 0.549. The maximum atomic E-state index is 12.9. The zero-order valence-electron chi connectivity index (χ0n) is 8.42. The number of benzene rings is 1. The molecule has 1 unspecified atom stereocenters. The smallest absolute Gasteiger partial charge is 0.254 e. The summed E-state index contributed by atoms with van der Waals surface area (Å²) in [4.78, 5) is 13.8. The second-order valence-electron chi connectivity index (χ2n) is 3.76. The van der Waals surface area contributed by atoms with Gasteiger partial charge in [0.05, 0.1) is 10.9 Å². The van der Waals surface area contributed by atoms with Gasteiger partial charge in [0, 0.05) is 16.7 Å². The SMILES string of the molecule is O=C(c1ccc(F)cc1I)N1CCC(Cl)C1. The molecule has 0 saturated carbocycles. The summed E-state index contributed by atoms with van der Waals surface area (Å²) in [6.07, 6.45) is 0.824. The monoisotopic (exact) mass is 353 g/mol. The second kappa shape index (κ2) is 4.87. The quantitative estimate of drug-likeness (QED) is 0.562. The Balaban J connectivity index is 2.21. The fourth-order valence-electron chi connectivity index (χ4n) is 1.74. The van der Waals surface area contributed by atoms with E-state index in [-0.39, 0.29) is 17.1 Å². The summed E-state index contributed by atoms with van der Waals surface area (Å²) in [6.45, 7) is 1.26. The molecule has 1 saturated heterocycles. The van der Waals surface area contributed by atoms with Crippen LogP contribution in [0.15, 0.2) is 18.2 Å². The van der Waals surface area contributed by atoms with E-state index in [1.165, 1.54) is 18.2 Å². The van der Waals surface area contributed by atoms with Crippen LogP contribution in [0.1, 0.15) is 16.8 Å². The third-order valence-electron chi connectivity index (χ3n) is 2.58. The summed E-state index contributed by atoms with van der Waals surface area (Å²) in [5.74, 6) is -0.384. The molecule has 1 aromatic carbocycles. The predicted molar refractivity (Wildman–Crippen MR) is 69.3 cm³/mol. The first kappa shape index (κ1) is 12.1. The topological polar surface area (TPSA) is 20.3 Å². The van der Waals surface area contributed by atoms with E-state index in [0.29, 0.717) is 22.2 Å². The summed E-state index contributed by atoms with van der Waals surface area (Å²) >= 11 is 7.92. The van der Waals surface area contributed by atoms with Crippen molar-refractivity contribution in [2.75, 3.05) is 13.1 Å². The van der Waals surface area contributed by atoms with Gasteiger partial charge in [0.1, 0.15) is 5.82 Å². The fraction of sp³-hybridized carbons (Fsp3) is 0.364. The van der Waals surface area contributed by atoms with Crippen LogP contribution in [0.4, 0.5) is 4.39 Å². The Bertz CT molecular complexity index is 426.